The van der Waals surface area contributed by atoms with Crippen LogP contribution in [-0.2, 0) is 13.1 Å². The van der Waals surface area contributed by atoms with Gasteiger partial charge < -0.3 is 5.32 Å². The van der Waals surface area contributed by atoms with E-state index >= 15 is 0 Å². The molecule has 92 valence electrons. The summed E-state index contributed by atoms with van der Waals surface area (Å²) in [5.41, 5.74) is 2.47. The van der Waals surface area contributed by atoms with Crippen molar-refractivity contribution in [2.75, 3.05) is 5.75 Å². The third kappa shape index (κ3) is 2.33. The molecule has 0 aliphatic carbocycles. The van der Waals surface area contributed by atoms with Crippen LogP contribution in [0.4, 0.5) is 0 Å². The molecular weight excluding hydrogens is 250 g/mol. The lowest BCUT2D eigenvalue weighted by molar-refractivity contribution is 0.755. The highest BCUT2D eigenvalue weighted by Gasteiger charge is 2.29. The third-order valence-electron chi connectivity index (χ3n) is 3.42. The maximum atomic E-state index is 4.73. The van der Waals surface area contributed by atoms with Crippen LogP contribution in [0.5, 0.6) is 0 Å². The number of nitrogens with one attached hydrogen (secondary N) is 1. The molecule has 3 atom stereocenters. The Balaban J connectivity index is 1.80. The summed E-state index contributed by atoms with van der Waals surface area (Å²) in [5.74, 6) is 2.17. The highest BCUT2D eigenvalue weighted by atomic mass is 32.2. The van der Waals surface area contributed by atoms with E-state index in [0.717, 1.165) is 29.9 Å². The van der Waals surface area contributed by atoms with Crippen molar-refractivity contribution in [3.8, 4) is 0 Å². The number of aromatic nitrogens is 2. The molecule has 0 radical (unpaired) electrons. The minimum absolute atomic E-state index is 0.470. The molecule has 0 amide bonds. The Labute approximate surface area is 111 Å². The van der Waals surface area contributed by atoms with Crippen LogP contribution in [-0.4, -0.2) is 26.2 Å². The fourth-order valence-electron chi connectivity index (χ4n) is 2.15. The third-order valence-corrected chi connectivity index (χ3v) is 6.81. The first-order valence-electron chi connectivity index (χ1n) is 6.06. The van der Waals surface area contributed by atoms with Gasteiger partial charge in [0.05, 0.1) is 10.9 Å². The maximum Gasteiger partial charge on any atom is 0.142 e. The second-order valence-electron chi connectivity index (χ2n) is 4.67. The van der Waals surface area contributed by atoms with E-state index in [0.29, 0.717) is 10.5 Å². The van der Waals surface area contributed by atoms with Crippen molar-refractivity contribution in [3.05, 3.63) is 23.3 Å². The lowest BCUT2D eigenvalue weighted by Crippen LogP contribution is -2.23. The largest absolute Gasteiger partial charge is 0.307 e. The zero-order chi connectivity index (χ0) is 11.8. The highest BCUT2D eigenvalue weighted by Crippen LogP contribution is 2.43. The molecule has 5 heteroatoms. The number of hydrogen-bond acceptors (Lipinski definition) is 5. The zero-order valence-electron chi connectivity index (χ0n) is 10.1. The normalized spacial score (nSPS) is 32.5. The monoisotopic (exact) mass is 267 g/mol. The van der Waals surface area contributed by atoms with Gasteiger partial charge in [-0.3, -0.25) is 0 Å². The minimum Gasteiger partial charge on any atom is -0.307 e. The summed E-state index contributed by atoms with van der Waals surface area (Å²) in [7, 11) is 0. The molecule has 0 saturated carbocycles. The van der Waals surface area contributed by atoms with E-state index in [2.05, 4.69) is 24.1 Å². The van der Waals surface area contributed by atoms with E-state index in [1.165, 1.54) is 11.3 Å². The van der Waals surface area contributed by atoms with Crippen molar-refractivity contribution in [1.29, 1.82) is 0 Å². The fraction of sp³-hybridized carbons (Fsp3) is 0.667. The second kappa shape index (κ2) is 4.78. The number of nitrogens with zero attached hydrogens (tertiary/aromatic N) is 2. The van der Waals surface area contributed by atoms with E-state index in [1.807, 2.05) is 29.7 Å². The summed E-state index contributed by atoms with van der Waals surface area (Å²) in [4.78, 5) is 9.28. The molecule has 3 heterocycles. The van der Waals surface area contributed by atoms with Gasteiger partial charge in [0.2, 0.25) is 0 Å². The van der Waals surface area contributed by atoms with Gasteiger partial charge in [0.25, 0.3) is 0 Å². The molecule has 3 nitrogen and oxygen atoms in total. The van der Waals surface area contributed by atoms with E-state index in [4.69, 9.17) is 4.98 Å². The lowest BCUT2D eigenvalue weighted by Gasteiger charge is -2.30. The first-order chi connectivity index (χ1) is 8.24. The highest BCUT2D eigenvalue weighted by molar-refractivity contribution is 8.07. The minimum atomic E-state index is 0.470. The van der Waals surface area contributed by atoms with E-state index in [1.54, 1.807) is 0 Å². The van der Waals surface area contributed by atoms with Crippen LogP contribution >= 0.6 is 23.5 Å². The molecule has 0 spiro atoms. The zero-order valence-corrected chi connectivity index (χ0v) is 11.8. The molecule has 1 N–H and O–H groups in total. The van der Waals surface area contributed by atoms with Crippen molar-refractivity contribution >= 4 is 23.5 Å². The van der Waals surface area contributed by atoms with E-state index in [9.17, 15) is 0 Å². The smallest absolute Gasteiger partial charge is 0.142 e. The standard InChI is InChI=1S/C12H17N3S2/c1-7-8(2)17-11(6-16-7)12-14-4-9-3-13-5-10(9)15-12/h4,7-8,11,13H,3,5-6H2,1-2H3. The number of hydrogen-bond donors (Lipinski definition) is 1. The maximum absolute atomic E-state index is 4.73. The Morgan fingerprint density at radius 3 is 3.00 bits per heavy atom. The van der Waals surface area contributed by atoms with Crippen LogP contribution in [0, 0.1) is 0 Å². The van der Waals surface area contributed by atoms with Crippen LogP contribution < -0.4 is 5.32 Å². The quantitative estimate of drug-likeness (QED) is 0.845. The first-order valence-corrected chi connectivity index (χ1v) is 8.05. The second-order valence-corrected chi connectivity index (χ2v) is 7.67. The summed E-state index contributed by atoms with van der Waals surface area (Å²) in [5, 5.41) is 5.22. The van der Waals surface area contributed by atoms with Gasteiger partial charge >= 0.3 is 0 Å². The Hall–Kier alpha value is -0.260. The molecule has 1 fully saturated rings. The molecule has 3 unspecified atom stereocenters. The summed E-state index contributed by atoms with van der Waals surface area (Å²) in [6.07, 6.45) is 2.01. The van der Waals surface area contributed by atoms with Gasteiger partial charge in [-0.05, 0) is 0 Å². The van der Waals surface area contributed by atoms with Gasteiger partial charge in [0, 0.05) is 41.1 Å². The van der Waals surface area contributed by atoms with Crippen molar-refractivity contribution in [2.24, 2.45) is 0 Å². The van der Waals surface area contributed by atoms with Crippen LogP contribution in [0.3, 0.4) is 0 Å². The van der Waals surface area contributed by atoms with Gasteiger partial charge in [-0.25, -0.2) is 9.97 Å². The fourth-order valence-corrected chi connectivity index (χ4v) is 5.00. The summed E-state index contributed by atoms with van der Waals surface area (Å²) in [6, 6.07) is 0. The van der Waals surface area contributed by atoms with Gasteiger partial charge in [-0.1, -0.05) is 13.8 Å². The average Bonchev–Trinajstić information content (AvgIpc) is 2.79. The van der Waals surface area contributed by atoms with Crippen LogP contribution in [0.2, 0.25) is 0 Å². The SMILES string of the molecule is CC1SCC(c2ncc3c(n2)CNC3)SC1C. The number of fused-ring (bicyclic) bond motifs is 1. The van der Waals surface area contributed by atoms with Gasteiger partial charge in [0.1, 0.15) is 5.82 Å². The predicted octanol–water partition coefficient (Wildman–Crippen LogP) is 2.38. The summed E-state index contributed by atoms with van der Waals surface area (Å²) >= 11 is 4.07. The average molecular weight is 267 g/mol. The Morgan fingerprint density at radius 1 is 1.29 bits per heavy atom. The molecule has 17 heavy (non-hydrogen) atoms. The van der Waals surface area contributed by atoms with Crippen LogP contribution in [0.25, 0.3) is 0 Å². The molecule has 0 aromatic carbocycles. The van der Waals surface area contributed by atoms with Gasteiger partial charge in [0.15, 0.2) is 0 Å². The summed E-state index contributed by atoms with van der Waals surface area (Å²) in [6.45, 7) is 6.45. The van der Waals surface area contributed by atoms with Crippen molar-refractivity contribution in [2.45, 2.75) is 42.7 Å². The van der Waals surface area contributed by atoms with Crippen LogP contribution in [0.1, 0.15) is 36.2 Å². The van der Waals surface area contributed by atoms with Crippen molar-refractivity contribution in [3.63, 3.8) is 0 Å². The molecule has 1 aromatic heterocycles. The topological polar surface area (TPSA) is 37.8 Å². The molecular formula is C12H17N3S2. The lowest BCUT2D eigenvalue weighted by atomic mass is 10.2. The Morgan fingerprint density at radius 2 is 2.18 bits per heavy atom. The van der Waals surface area contributed by atoms with Crippen molar-refractivity contribution < 1.29 is 0 Å². The van der Waals surface area contributed by atoms with Gasteiger partial charge in [-0.2, -0.15) is 11.8 Å². The number of rotatable bonds is 1. The van der Waals surface area contributed by atoms with Crippen molar-refractivity contribution in [1.82, 2.24) is 15.3 Å². The first kappa shape index (κ1) is 11.8. The Bertz CT molecular complexity index is 424. The molecule has 2 aliphatic rings. The van der Waals surface area contributed by atoms with E-state index in [-0.39, 0.29) is 0 Å². The van der Waals surface area contributed by atoms with E-state index < -0.39 is 0 Å². The molecule has 3 rings (SSSR count). The molecule has 2 aliphatic heterocycles. The Kier molecular flexibility index (Phi) is 3.32. The summed E-state index contributed by atoms with van der Waals surface area (Å²) < 4.78 is 0. The molecule has 1 saturated heterocycles. The predicted molar refractivity (Wildman–Crippen MR) is 74.3 cm³/mol. The molecule has 0 bridgehead atoms. The van der Waals surface area contributed by atoms with Gasteiger partial charge in [-0.15, -0.1) is 11.8 Å². The molecule has 1 aromatic rings. The number of thioether (sulfide) groups is 2. The van der Waals surface area contributed by atoms with Crippen LogP contribution in [0.15, 0.2) is 6.20 Å².